The summed E-state index contributed by atoms with van der Waals surface area (Å²) in [6.07, 6.45) is 4.08. The van der Waals surface area contributed by atoms with E-state index in [-0.39, 0.29) is 18.1 Å². The van der Waals surface area contributed by atoms with E-state index in [0.717, 1.165) is 25.9 Å². The molecule has 2 saturated heterocycles. The number of hydrogen-bond donors (Lipinski definition) is 2. The standard InChI is InChI=1S/C12H23N3O2/c13-9-10-3-4-11(17-10)12(16)14-5-8-15-6-1-2-7-15/h10-11H,1-9,13H2,(H,14,16). The number of nitrogens with two attached hydrogens (primary N) is 1. The highest BCUT2D eigenvalue weighted by molar-refractivity contribution is 5.81. The van der Waals surface area contributed by atoms with Crippen molar-refractivity contribution in [3.8, 4) is 0 Å². The Labute approximate surface area is 103 Å². The Balaban J connectivity index is 1.60. The second-order valence-electron chi connectivity index (χ2n) is 4.90. The summed E-state index contributed by atoms with van der Waals surface area (Å²) in [6.45, 7) is 4.54. The Hall–Kier alpha value is -0.650. The number of hydrogen-bond acceptors (Lipinski definition) is 4. The van der Waals surface area contributed by atoms with Crippen molar-refractivity contribution in [3.05, 3.63) is 0 Å². The molecule has 0 saturated carbocycles. The van der Waals surface area contributed by atoms with Gasteiger partial charge in [-0.05, 0) is 38.8 Å². The molecule has 1 amide bonds. The van der Waals surface area contributed by atoms with Gasteiger partial charge in [-0.3, -0.25) is 4.79 Å². The van der Waals surface area contributed by atoms with Crippen molar-refractivity contribution in [2.75, 3.05) is 32.7 Å². The van der Waals surface area contributed by atoms with Gasteiger partial charge in [0.1, 0.15) is 6.10 Å². The van der Waals surface area contributed by atoms with E-state index in [4.69, 9.17) is 10.5 Å². The Morgan fingerprint density at radius 3 is 2.76 bits per heavy atom. The van der Waals surface area contributed by atoms with Crippen LogP contribution in [-0.4, -0.2) is 55.7 Å². The molecule has 0 radical (unpaired) electrons. The van der Waals surface area contributed by atoms with Crippen molar-refractivity contribution in [1.82, 2.24) is 10.2 Å². The molecule has 2 unspecified atom stereocenters. The van der Waals surface area contributed by atoms with Crippen LogP contribution in [0, 0.1) is 0 Å². The summed E-state index contributed by atoms with van der Waals surface area (Å²) in [7, 11) is 0. The number of carbonyl (C=O) groups excluding carboxylic acids is 1. The number of amides is 1. The number of nitrogens with zero attached hydrogens (tertiary/aromatic N) is 1. The number of carbonyl (C=O) groups is 1. The van der Waals surface area contributed by atoms with Gasteiger partial charge in [0.2, 0.25) is 5.91 Å². The lowest BCUT2D eigenvalue weighted by Gasteiger charge is -2.16. The van der Waals surface area contributed by atoms with Crippen LogP contribution in [0.3, 0.4) is 0 Å². The quantitative estimate of drug-likeness (QED) is 0.694. The molecular weight excluding hydrogens is 218 g/mol. The van der Waals surface area contributed by atoms with Gasteiger partial charge in [0.25, 0.3) is 0 Å². The first-order chi connectivity index (χ1) is 8.29. The maximum atomic E-state index is 11.8. The second kappa shape index (κ2) is 6.33. The van der Waals surface area contributed by atoms with Crippen molar-refractivity contribution < 1.29 is 9.53 Å². The van der Waals surface area contributed by atoms with Gasteiger partial charge in [-0.25, -0.2) is 0 Å². The summed E-state index contributed by atoms with van der Waals surface area (Å²) >= 11 is 0. The summed E-state index contributed by atoms with van der Waals surface area (Å²) in [5.74, 6) is 0.0279. The fourth-order valence-corrected chi connectivity index (χ4v) is 2.53. The average Bonchev–Trinajstić information content (AvgIpc) is 2.99. The van der Waals surface area contributed by atoms with Crippen molar-refractivity contribution in [1.29, 1.82) is 0 Å². The lowest BCUT2D eigenvalue weighted by atomic mass is 10.2. The average molecular weight is 241 g/mol. The molecule has 0 aromatic heterocycles. The van der Waals surface area contributed by atoms with E-state index in [1.165, 1.54) is 25.9 Å². The summed E-state index contributed by atoms with van der Waals surface area (Å²) < 4.78 is 5.54. The normalized spacial score (nSPS) is 29.7. The van der Waals surface area contributed by atoms with Gasteiger partial charge in [0, 0.05) is 19.6 Å². The van der Waals surface area contributed by atoms with Gasteiger partial charge in [-0.1, -0.05) is 0 Å². The third-order valence-corrected chi connectivity index (χ3v) is 3.59. The van der Waals surface area contributed by atoms with Crippen LogP contribution in [0.4, 0.5) is 0 Å². The predicted octanol–water partition coefficient (Wildman–Crippen LogP) is -0.295. The van der Waals surface area contributed by atoms with Crippen LogP contribution in [-0.2, 0) is 9.53 Å². The first-order valence-electron chi connectivity index (χ1n) is 6.65. The van der Waals surface area contributed by atoms with Crippen LogP contribution < -0.4 is 11.1 Å². The van der Waals surface area contributed by atoms with Crippen LogP contribution in [0.1, 0.15) is 25.7 Å². The molecule has 0 aliphatic carbocycles. The van der Waals surface area contributed by atoms with Crippen LogP contribution >= 0.6 is 0 Å². The zero-order valence-corrected chi connectivity index (χ0v) is 10.4. The maximum Gasteiger partial charge on any atom is 0.249 e. The van der Waals surface area contributed by atoms with Crippen molar-refractivity contribution >= 4 is 5.91 Å². The highest BCUT2D eigenvalue weighted by atomic mass is 16.5. The fraction of sp³-hybridized carbons (Fsp3) is 0.917. The molecule has 0 spiro atoms. The molecule has 5 heteroatoms. The summed E-state index contributed by atoms with van der Waals surface area (Å²) in [5, 5.41) is 2.95. The van der Waals surface area contributed by atoms with Gasteiger partial charge >= 0.3 is 0 Å². The predicted molar refractivity (Wildman–Crippen MR) is 65.6 cm³/mol. The van der Waals surface area contributed by atoms with Gasteiger partial charge < -0.3 is 20.7 Å². The number of rotatable bonds is 5. The monoisotopic (exact) mass is 241 g/mol. The third kappa shape index (κ3) is 3.66. The molecule has 2 fully saturated rings. The molecule has 2 rings (SSSR count). The molecule has 2 aliphatic heterocycles. The zero-order valence-electron chi connectivity index (χ0n) is 10.4. The van der Waals surface area contributed by atoms with Crippen LogP contribution in [0.5, 0.6) is 0 Å². The van der Waals surface area contributed by atoms with Gasteiger partial charge in [-0.15, -0.1) is 0 Å². The molecule has 0 aromatic rings. The van der Waals surface area contributed by atoms with Gasteiger partial charge in [0.15, 0.2) is 0 Å². The molecule has 5 nitrogen and oxygen atoms in total. The molecule has 3 N–H and O–H groups in total. The minimum absolute atomic E-state index is 0.0279. The van der Waals surface area contributed by atoms with Gasteiger partial charge in [-0.2, -0.15) is 0 Å². The molecule has 17 heavy (non-hydrogen) atoms. The van der Waals surface area contributed by atoms with E-state index < -0.39 is 0 Å². The molecule has 2 heterocycles. The molecule has 0 bridgehead atoms. The lowest BCUT2D eigenvalue weighted by Crippen LogP contribution is -2.39. The minimum atomic E-state index is -0.276. The molecule has 2 aliphatic rings. The first kappa shape index (κ1) is 12.8. The van der Waals surface area contributed by atoms with Crippen LogP contribution in [0.25, 0.3) is 0 Å². The zero-order chi connectivity index (χ0) is 12.1. The number of nitrogens with one attached hydrogen (secondary N) is 1. The van der Waals surface area contributed by atoms with Crippen molar-refractivity contribution in [2.24, 2.45) is 5.73 Å². The van der Waals surface area contributed by atoms with E-state index >= 15 is 0 Å². The fourth-order valence-electron chi connectivity index (χ4n) is 2.53. The Bertz CT molecular complexity index is 254. The first-order valence-corrected chi connectivity index (χ1v) is 6.65. The summed E-state index contributed by atoms with van der Waals surface area (Å²) in [4.78, 5) is 14.2. The van der Waals surface area contributed by atoms with E-state index in [1.54, 1.807) is 0 Å². The van der Waals surface area contributed by atoms with E-state index in [2.05, 4.69) is 10.2 Å². The summed E-state index contributed by atoms with van der Waals surface area (Å²) in [5.41, 5.74) is 5.52. The van der Waals surface area contributed by atoms with Gasteiger partial charge in [0.05, 0.1) is 6.10 Å². The smallest absolute Gasteiger partial charge is 0.249 e. The molecule has 2 atom stereocenters. The highest BCUT2D eigenvalue weighted by Crippen LogP contribution is 2.18. The Morgan fingerprint density at radius 2 is 2.12 bits per heavy atom. The molecule has 98 valence electrons. The minimum Gasteiger partial charge on any atom is -0.364 e. The van der Waals surface area contributed by atoms with E-state index in [1.807, 2.05) is 0 Å². The Morgan fingerprint density at radius 1 is 1.35 bits per heavy atom. The third-order valence-electron chi connectivity index (χ3n) is 3.59. The topological polar surface area (TPSA) is 67.6 Å². The number of ether oxygens (including phenoxy) is 1. The maximum absolute atomic E-state index is 11.8. The number of likely N-dealkylation sites (tertiary alicyclic amines) is 1. The lowest BCUT2D eigenvalue weighted by molar-refractivity contribution is -0.131. The summed E-state index contributed by atoms with van der Waals surface area (Å²) in [6, 6.07) is 0. The Kier molecular flexibility index (Phi) is 4.76. The van der Waals surface area contributed by atoms with Crippen LogP contribution in [0.2, 0.25) is 0 Å². The van der Waals surface area contributed by atoms with E-state index in [0.29, 0.717) is 6.54 Å². The highest BCUT2D eigenvalue weighted by Gasteiger charge is 2.29. The second-order valence-corrected chi connectivity index (χ2v) is 4.90. The van der Waals surface area contributed by atoms with E-state index in [9.17, 15) is 4.79 Å². The van der Waals surface area contributed by atoms with Crippen LogP contribution in [0.15, 0.2) is 0 Å². The molecule has 0 aromatic carbocycles. The van der Waals surface area contributed by atoms with Crippen molar-refractivity contribution in [3.63, 3.8) is 0 Å². The molecular formula is C12H23N3O2. The van der Waals surface area contributed by atoms with Crippen molar-refractivity contribution in [2.45, 2.75) is 37.9 Å². The SMILES string of the molecule is NCC1CCC(C(=O)NCCN2CCCC2)O1. The largest absolute Gasteiger partial charge is 0.364 e.